The van der Waals surface area contributed by atoms with Crippen LogP contribution in [0, 0.1) is 0 Å². The Morgan fingerprint density at radius 1 is 0.935 bits per heavy atom. The van der Waals surface area contributed by atoms with Crippen LogP contribution in [0.4, 0.5) is 4.79 Å². The molecule has 0 saturated carbocycles. The summed E-state index contributed by atoms with van der Waals surface area (Å²) >= 11 is 0. The largest absolute Gasteiger partial charge is 0.456 e. The minimum atomic E-state index is -0.976. The molecule has 0 aliphatic rings. The molecule has 2 aromatic rings. The zero-order valence-corrected chi connectivity index (χ0v) is 18.0. The Balaban J connectivity index is 2.00. The van der Waals surface area contributed by atoms with Gasteiger partial charge in [0, 0.05) is 6.42 Å². The fraction of sp³-hybridized carbons (Fsp3) is 0.292. The Kier molecular flexibility index (Phi) is 8.37. The van der Waals surface area contributed by atoms with E-state index < -0.39 is 29.6 Å². The second kappa shape index (κ2) is 11.0. The lowest BCUT2D eigenvalue weighted by atomic mass is 10.1. The topological polar surface area (TPSA) is 93.7 Å². The Hall–Kier alpha value is -3.61. The highest BCUT2D eigenvalue weighted by Crippen LogP contribution is 2.09. The minimum Gasteiger partial charge on any atom is -0.456 e. The SMILES string of the molecule is C=C(NC(=O)C(Cc1ccccc1)NC(=O)OC(C)(C)C)C(=O)OCc1ccccc1. The van der Waals surface area contributed by atoms with Crippen LogP contribution >= 0.6 is 0 Å². The molecular weight excluding hydrogens is 396 g/mol. The second-order valence-corrected chi connectivity index (χ2v) is 7.92. The number of carbonyl (C=O) groups is 3. The lowest BCUT2D eigenvalue weighted by molar-refractivity contribution is -0.141. The third kappa shape index (κ3) is 8.74. The maximum Gasteiger partial charge on any atom is 0.408 e. The van der Waals surface area contributed by atoms with Gasteiger partial charge in [0.15, 0.2) is 0 Å². The van der Waals surface area contributed by atoms with Crippen molar-refractivity contribution in [2.45, 2.75) is 45.4 Å². The van der Waals surface area contributed by atoms with Gasteiger partial charge in [-0.1, -0.05) is 67.2 Å². The Morgan fingerprint density at radius 3 is 2.03 bits per heavy atom. The van der Waals surface area contributed by atoms with Crippen molar-refractivity contribution >= 4 is 18.0 Å². The first-order valence-corrected chi connectivity index (χ1v) is 9.88. The molecule has 0 bridgehead atoms. The summed E-state index contributed by atoms with van der Waals surface area (Å²) in [6.07, 6.45) is -0.529. The lowest BCUT2D eigenvalue weighted by Crippen LogP contribution is -2.49. The molecule has 1 atom stereocenters. The molecule has 164 valence electrons. The monoisotopic (exact) mass is 424 g/mol. The standard InChI is InChI=1S/C24H28N2O5/c1-17(22(28)30-16-19-13-9-6-10-14-19)25-21(27)20(15-18-11-7-5-8-12-18)26-23(29)31-24(2,3)4/h5-14,20H,1,15-16H2,2-4H3,(H,25,27)(H,26,29). The maximum absolute atomic E-state index is 12.8. The number of esters is 1. The van der Waals surface area contributed by atoms with Crippen molar-refractivity contribution in [2.24, 2.45) is 0 Å². The van der Waals surface area contributed by atoms with Gasteiger partial charge in [0.25, 0.3) is 0 Å². The third-order valence-corrected chi connectivity index (χ3v) is 4.02. The molecule has 2 rings (SSSR count). The predicted octanol–water partition coefficient (Wildman–Crippen LogP) is 3.50. The number of rotatable bonds is 8. The molecule has 7 heteroatoms. The van der Waals surface area contributed by atoms with Crippen molar-refractivity contribution < 1.29 is 23.9 Å². The minimum absolute atomic E-state index is 0.0537. The van der Waals surface area contributed by atoms with Gasteiger partial charge >= 0.3 is 12.1 Å². The molecule has 0 aromatic heterocycles. The molecule has 2 aromatic carbocycles. The van der Waals surface area contributed by atoms with Crippen molar-refractivity contribution in [3.63, 3.8) is 0 Å². The second-order valence-electron chi connectivity index (χ2n) is 7.92. The molecule has 0 heterocycles. The van der Waals surface area contributed by atoms with Gasteiger partial charge < -0.3 is 20.1 Å². The van der Waals surface area contributed by atoms with Crippen LogP contribution < -0.4 is 10.6 Å². The Labute approximate surface area is 182 Å². The summed E-state index contributed by atoms with van der Waals surface area (Å²) in [5.74, 6) is -1.36. The Bertz CT molecular complexity index is 905. The molecule has 0 spiro atoms. The number of nitrogens with one attached hydrogen (secondary N) is 2. The van der Waals surface area contributed by atoms with E-state index in [0.29, 0.717) is 0 Å². The highest BCUT2D eigenvalue weighted by molar-refractivity contribution is 5.95. The van der Waals surface area contributed by atoms with E-state index >= 15 is 0 Å². The normalized spacial score (nSPS) is 11.7. The molecule has 0 saturated heterocycles. The van der Waals surface area contributed by atoms with Crippen molar-refractivity contribution in [1.29, 1.82) is 0 Å². The number of alkyl carbamates (subject to hydrolysis) is 1. The smallest absolute Gasteiger partial charge is 0.408 e. The van der Waals surface area contributed by atoms with E-state index in [1.54, 1.807) is 20.8 Å². The summed E-state index contributed by atoms with van der Waals surface area (Å²) in [4.78, 5) is 37.2. The zero-order valence-electron chi connectivity index (χ0n) is 18.0. The number of carbonyl (C=O) groups excluding carboxylic acids is 3. The van der Waals surface area contributed by atoms with E-state index in [2.05, 4.69) is 17.2 Å². The van der Waals surface area contributed by atoms with Crippen LogP contribution in [0.2, 0.25) is 0 Å². The summed E-state index contributed by atoms with van der Waals surface area (Å²) in [6.45, 7) is 8.82. The van der Waals surface area contributed by atoms with Crippen LogP contribution in [-0.4, -0.2) is 29.6 Å². The van der Waals surface area contributed by atoms with Crippen LogP contribution in [0.3, 0.4) is 0 Å². The maximum atomic E-state index is 12.8. The molecule has 0 aliphatic carbocycles. The van der Waals surface area contributed by atoms with Crippen LogP contribution in [0.15, 0.2) is 72.9 Å². The summed E-state index contributed by atoms with van der Waals surface area (Å²) in [6, 6.07) is 17.3. The third-order valence-electron chi connectivity index (χ3n) is 4.02. The number of hydrogen-bond donors (Lipinski definition) is 2. The predicted molar refractivity (Wildman–Crippen MR) is 117 cm³/mol. The molecule has 0 radical (unpaired) electrons. The summed E-state index contributed by atoms with van der Waals surface area (Å²) in [7, 11) is 0. The van der Waals surface area contributed by atoms with E-state index in [-0.39, 0.29) is 18.7 Å². The highest BCUT2D eigenvalue weighted by atomic mass is 16.6. The van der Waals surface area contributed by atoms with Crippen LogP contribution in [0.1, 0.15) is 31.9 Å². The van der Waals surface area contributed by atoms with Gasteiger partial charge in [-0.15, -0.1) is 0 Å². The Morgan fingerprint density at radius 2 is 1.48 bits per heavy atom. The van der Waals surface area contributed by atoms with E-state index in [4.69, 9.17) is 9.47 Å². The molecule has 0 fully saturated rings. The fourth-order valence-corrected chi connectivity index (χ4v) is 2.61. The number of benzene rings is 2. The van der Waals surface area contributed by atoms with Gasteiger partial charge in [-0.25, -0.2) is 9.59 Å². The van der Waals surface area contributed by atoms with Crippen LogP contribution in [0.5, 0.6) is 0 Å². The summed E-state index contributed by atoms with van der Waals surface area (Å²) in [5, 5.41) is 4.98. The van der Waals surface area contributed by atoms with E-state index in [1.165, 1.54) is 0 Å². The van der Waals surface area contributed by atoms with Gasteiger partial charge in [-0.05, 0) is 31.9 Å². The molecular formula is C24H28N2O5. The molecule has 2 N–H and O–H groups in total. The van der Waals surface area contributed by atoms with Crippen LogP contribution in [0.25, 0.3) is 0 Å². The first kappa shape index (κ1) is 23.7. The molecule has 31 heavy (non-hydrogen) atoms. The van der Waals surface area contributed by atoms with Crippen molar-refractivity contribution in [3.8, 4) is 0 Å². The number of amides is 2. The molecule has 1 unspecified atom stereocenters. The summed E-state index contributed by atoms with van der Waals surface area (Å²) in [5.41, 5.74) is 0.701. The van der Waals surface area contributed by atoms with E-state index in [0.717, 1.165) is 11.1 Å². The summed E-state index contributed by atoms with van der Waals surface area (Å²) < 4.78 is 10.4. The number of ether oxygens (including phenoxy) is 2. The lowest BCUT2D eigenvalue weighted by Gasteiger charge is -2.23. The zero-order chi connectivity index (χ0) is 22.9. The van der Waals surface area contributed by atoms with Crippen molar-refractivity contribution in [2.75, 3.05) is 0 Å². The van der Waals surface area contributed by atoms with Gasteiger partial charge in [0.2, 0.25) is 5.91 Å². The van der Waals surface area contributed by atoms with Gasteiger partial charge in [0.05, 0.1) is 0 Å². The molecule has 2 amide bonds. The number of hydrogen-bond acceptors (Lipinski definition) is 5. The molecule has 7 nitrogen and oxygen atoms in total. The highest BCUT2D eigenvalue weighted by Gasteiger charge is 2.26. The van der Waals surface area contributed by atoms with Gasteiger partial charge in [0.1, 0.15) is 23.9 Å². The first-order chi connectivity index (χ1) is 14.6. The molecule has 0 aliphatic heterocycles. The van der Waals surface area contributed by atoms with E-state index in [9.17, 15) is 14.4 Å². The van der Waals surface area contributed by atoms with Gasteiger partial charge in [-0.3, -0.25) is 4.79 Å². The average molecular weight is 424 g/mol. The van der Waals surface area contributed by atoms with Crippen LogP contribution in [-0.2, 0) is 32.1 Å². The van der Waals surface area contributed by atoms with Crippen molar-refractivity contribution in [1.82, 2.24) is 10.6 Å². The average Bonchev–Trinajstić information content (AvgIpc) is 2.71. The fourth-order valence-electron chi connectivity index (χ4n) is 2.61. The van der Waals surface area contributed by atoms with Gasteiger partial charge in [-0.2, -0.15) is 0 Å². The van der Waals surface area contributed by atoms with E-state index in [1.807, 2.05) is 60.7 Å². The quantitative estimate of drug-likeness (QED) is 0.500. The van der Waals surface area contributed by atoms with Crippen molar-refractivity contribution in [3.05, 3.63) is 84.1 Å². The first-order valence-electron chi connectivity index (χ1n) is 9.88.